The minimum absolute atomic E-state index is 0.0917. The highest BCUT2D eigenvalue weighted by Crippen LogP contribution is 2.26. The summed E-state index contributed by atoms with van der Waals surface area (Å²) in [6.07, 6.45) is 0. The van der Waals surface area contributed by atoms with Gasteiger partial charge in [0.1, 0.15) is 17.2 Å². The first-order valence-electron chi connectivity index (χ1n) is 9.41. The standard InChI is InChI=1S/C21H24N4O6S/c1-12(17(28)22-9-16(27)31-4)23-18(29)15-10-32-19(25-15)13-5-7-14(8-6-13)24-20(30)21(2,3)11-26/h5-8,10,26H,1,9,11H2,2-4H3,(H,22,28)(H,23,29)(H,24,30). The molecule has 2 aromatic rings. The second-order valence-corrected chi connectivity index (χ2v) is 8.16. The second-order valence-electron chi connectivity index (χ2n) is 7.30. The van der Waals surface area contributed by atoms with Crippen LogP contribution >= 0.6 is 11.3 Å². The number of nitrogens with zero attached hydrogens (tertiary/aromatic N) is 1. The fourth-order valence-electron chi connectivity index (χ4n) is 2.17. The van der Waals surface area contributed by atoms with E-state index < -0.39 is 23.2 Å². The number of benzene rings is 1. The van der Waals surface area contributed by atoms with Crippen molar-refractivity contribution in [2.24, 2.45) is 5.41 Å². The van der Waals surface area contributed by atoms with Crippen LogP contribution in [-0.4, -0.2) is 54.0 Å². The minimum Gasteiger partial charge on any atom is -0.468 e. The summed E-state index contributed by atoms with van der Waals surface area (Å²) in [7, 11) is 1.19. The molecule has 4 N–H and O–H groups in total. The van der Waals surface area contributed by atoms with Gasteiger partial charge in [0, 0.05) is 16.6 Å². The highest BCUT2D eigenvalue weighted by Gasteiger charge is 2.26. The van der Waals surface area contributed by atoms with Gasteiger partial charge in [-0.05, 0) is 38.1 Å². The normalized spacial score (nSPS) is 10.8. The van der Waals surface area contributed by atoms with Gasteiger partial charge in [-0.2, -0.15) is 0 Å². The molecule has 32 heavy (non-hydrogen) atoms. The molecular weight excluding hydrogens is 436 g/mol. The Morgan fingerprint density at radius 2 is 1.84 bits per heavy atom. The Hall–Kier alpha value is -3.57. The van der Waals surface area contributed by atoms with Crippen LogP contribution in [-0.2, 0) is 19.1 Å². The third-order valence-electron chi connectivity index (χ3n) is 4.30. The number of hydrogen-bond donors (Lipinski definition) is 4. The van der Waals surface area contributed by atoms with E-state index in [4.69, 9.17) is 0 Å². The van der Waals surface area contributed by atoms with Gasteiger partial charge in [-0.3, -0.25) is 19.2 Å². The number of carbonyl (C=O) groups is 4. The first kappa shape index (κ1) is 24.7. The predicted octanol–water partition coefficient (Wildman–Crippen LogP) is 1.30. The van der Waals surface area contributed by atoms with Crippen LogP contribution < -0.4 is 16.0 Å². The summed E-state index contributed by atoms with van der Waals surface area (Å²) in [6.45, 7) is 6.12. The van der Waals surface area contributed by atoms with E-state index in [0.29, 0.717) is 10.7 Å². The number of ether oxygens (including phenoxy) is 1. The molecule has 0 saturated heterocycles. The van der Waals surface area contributed by atoms with Crippen molar-refractivity contribution in [1.82, 2.24) is 15.6 Å². The van der Waals surface area contributed by atoms with Crippen molar-refractivity contribution < 1.29 is 29.0 Å². The number of nitrogens with one attached hydrogen (secondary N) is 3. The van der Waals surface area contributed by atoms with Gasteiger partial charge >= 0.3 is 5.97 Å². The maximum Gasteiger partial charge on any atom is 0.325 e. The Morgan fingerprint density at radius 1 is 1.19 bits per heavy atom. The predicted molar refractivity (Wildman–Crippen MR) is 119 cm³/mol. The molecule has 0 bridgehead atoms. The van der Waals surface area contributed by atoms with Crippen molar-refractivity contribution in [3.63, 3.8) is 0 Å². The second kappa shape index (κ2) is 10.6. The lowest BCUT2D eigenvalue weighted by molar-refractivity contribution is -0.140. The van der Waals surface area contributed by atoms with Crippen molar-refractivity contribution in [2.45, 2.75) is 13.8 Å². The number of aliphatic hydroxyl groups excluding tert-OH is 1. The molecule has 0 atom stereocenters. The summed E-state index contributed by atoms with van der Waals surface area (Å²) >= 11 is 1.23. The van der Waals surface area contributed by atoms with Gasteiger partial charge in [0.2, 0.25) is 5.91 Å². The monoisotopic (exact) mass is 460 g/mol. The van der Waals surface area contributed by atoms with E-state index >= 15 is 0 Å². The fraction of sp³-hybridized carbons (Fsp3) is 0.286. The summed E-state index contributed by atoms with van der Waals surface area (Å²) < 4.78 is 4.41. The molecule has 0 saturated carbocycles. The fourth-order valence-corrected chi connectivity index (χ4v) is 2.97. The van der Waals surface area contributed by atoms with E-state index in [0.717, 1.165) is 5.56 Å². The van der Waals surface area contributed by atoms with Crippen LogP contribution in [0.5, 0.6) is 0 Å². The molecule has 0 spiro atoms. The topological polar surface area (TPSA) is 147 Å². The lowest BCUT2D eigenvalue weighted by Gasteiger charge is -2.20. The van der Waals surface area contributed by atoms with Crippen molar-refractivity contribution in [3.8, 4) is 10.6 Å². The van der Waals surface area contributed by atoms with Gasteiger partial charge in [0.05, 0.1) is 24.8 Å². The third-order valence-corrected chi connectivity index (χ3v) is 5.19. The summed E-state index contributed by atoms with van der Waals surface area (Å²) in [5.74, 6) is -2.29. The molecule has 11 heteroatoms. The van der Waals surface area contributed by atoms with Gasteiger partial charge < -0.3 is 25.8 Å². The van der Waals surface area contributed by atoms with Gasteiger partial charge in [-0.15, -0.1) is 11.3 Å². The molecule has 1 aromatic carbocycles. The molecule has 0 aliphatic carbocycles. The molecule has 10 nitrogen and oxygen atoms in total. The molecule has 1 aromatic heterocycles. The summed E-state index contributed by atoms with van der Waals surface area (Å²) in [6, 6.07) is 6.85. The number of methoxy groups -OCH3 is 1. The van der Waals surface area contributed by atoms with Crippen LogP contribution in [0.3, 0.4) is 0 Å². The molecule has 0 unspecified atom stereocenters. The lowest BCUT2D eigenvalue weighted by Crippen LogP contribution is -2.37. The minimum atomic E-state index is -0.906. The van der Waals surface area contributed by atoms with Crippen LogP contribution in [0.1, 0.15) is 24.3 Å². The van der Waals surface area contributed by atoms with Crippen molar-refractivity contribution in [3.05, 3.63) is 47.6 Å². The zero-order chi connectivity index (χ0) is 23.9. The molecule has 0 radical (unpaired) electrons. The van der Waals surface area contributed by atoms with Crippen LogP contribution in [0.2, 0.25) is 0 Å². The maximum atomic E-state index is 12.3. The average Bonchev–Trinajstić information content (AvgIpc) is 3.28. The number of aromatic nitrogens is 1. The van der Waals surface area contributed by atoms with E-state index in [1.807, 2.05) is 0 Å². The van der Waals surface area contributed by atoms with Crippen molar-refractivity contribution >= 4 is 40.7 Å². The van der Waals surface area contributed by atoms with E-state index in [1.54, 1.807) is 38.1 Å². The largest absolute Gasteiger partial charge is 0.468 e. The third kappa shape index (κ3) is 6.46. The maximum absolute atomic E-state index is 12.3. The molecular formula is C21H24N4O6S. The number of rotatable bonds is 9. The van der Waals surface area contributed by atoms with E-state index in [9.17, 15) is 24.3 Å². The first-order chi connectivity index (χ1) is 15.1. The van der Waals surface area contributed by atoms with Gasteiger partial charge in [-0.25, -0.2) is 4.98 Å². The summed E-state index contributed by atoms with van der Waals surface area (Å²) in [5.41, 5.74) is 0.233. The molecule has 2 rings (SSSR count). The smallest absolute Gasteiger partial charge is 0.325 e. The quantitative estimate of drug-likeness (QED) is 0.326. The average molecular weight is 461 g/mol. The number of carbonyl (C=O) groups excluding carboxylic acids is 4. The van der Waals surface area contributed by atoms with Crippen molar-refractivity contribution in [1.29, 1.82) is 0 Å². The van der Waals surface area contributed by atoms with Gasteiger partial charge in [0.15, 0.2) is 0 Å². The van der Waals surface area contributed by atoms with Crippen LogP contribution in [0, 0.1) is 5.41 Å². The number of anilines is 1. The number of esters is 1. The number of aliphatic hydroxyl groups is 1. The Morgan fingerprint density at radius 3 is 2.44 bits per heavy atom. The van der Waals surface area contributed by atoms with Crippen LogP contribution in [0.4, 0.5) is 5.69 Å². The number of thiazole rings is 1. The summed E-state index contributed by atoms with van der Waals surface area (Å²) in [5, 5.41) is 18.7. The Balaban J connectivity index is 1.99. The zero-order valence-corrected chi connectivity index (χ0v) is 18.7. The zero-order valence-electron chi connectivity index (χ0n) is 17.9. The van der Waals surface area contributed by atoms with Crippen LogP contribution in [0.25, 0.3) is 10.6 Å². The molecule has 0 fully saturated rings. The highest BCUT2D eigenvalue weighted by molar-refractivity contribution is 7.13. The van der Waals surface area contributed by atoms with Crippen LogP contribution in [0.15, 0.2) is 41.9 Å². The number of hydrogen-bond acceptors (Lipinski definition) is 8. The highest BCUT2D eigenvalue weighted by atomic mass is 32.1. The SMILES string of the molecule is C=C(NC(=O)c1csc(-c2ccc(NC(=O)C(C)(C)CO)cc2)n1)C(=O)NCC(=O)OC. The van der Waals surface area contributed by atoms with Gasteiger partial charge in [0.25, 0.3) is 11.8 Å². The Bertz CT molecular complexity index is 1030. The molecule has 0 aliphatic heterocycles. The molecule has 170 valence electrons. The Labute approximate surface area is 188 Å². The summed E-state index contributed by atoms with van der Waals surface area (Å²) in [4.78, 5) is 51.6. The molecule has 1 heterocycles. The van der Waals surface area contributed by atoms with Crippen molar-refractivity contribution in [2.75, 3.05) is 25.6 Å². The van der Waals surface area contributed by atoms with E-state index in [2.05, 4.69) is 32.3 Å². The van der Waals surface area contributed by atoms with E-state index in [-0.39, 0.29) is 30.4 Å². The van der Waals surface area contributed by atoms with E-state index in [1.165, 1.54) is 23.8 Å². The lowest BCUT2D eigenvalue weighted by atomic mass is 9.93. The number of amides is 3. The Kier molecular flexibility index (Phi) is 8.21. The molecule has 3 amide bonds. The first-order valence-corrected chi connectivity index (χ1v) is 10.3. The molecule has 0 aliphatic rings. The van der Waals surface area contributed by atoms with Gasteiger partial charge in [-0.1, -0.05) is 6.58 Å².